The highest BCUT2D eigenvalue weighted by Crippen LogP contribution is 2.31. The molecule has 2 aromatic carbocycles. The fraction of sp³-hybridized carbons (Fsp3) is 0.167. The van der Waals surface area contributed by atoms with Crippen LogP contribution >= 0.6 is 11.6 Å². The molecule has 0 saturated heterocycles. The van der Waals surface area contributed by atoms with Gasteiger partial charge in [-0.3, -0.25) is 9.89 Å². The second-order valence-corrected chi connectivity index (χ2v) is 8.41. The van der Waals surface area contributed by atoms with E-state index in [1.807, 2.05) is 19.9 Å². The van der Waals surface area contributed by atoms with Gasteiger partial charge in [-0.25, -0.2) is 9.37 Å². The van der Waals surface area contributed by atoms with Crippen LogP contribution in [0.4, 0.5) is 27.7 Å². The Hall–Kier alpha value is -3.98. The summed E-state index contributed by atoms with van der Waals surface area (Å²) in [6, 6.07) is 12.0. The number of amides is 1. The van der Waals surface area contributed by atoms with Crippen molar-refractivity contribution in [1.82, 2.24) is 25.1 Å². The summed E-state index contributed by atoms with van der Waals surface area (Å²) >= 11 is 6.20. The second-order valence-electron chi connectivity index (χ2n) is 8.00. The van der Waals surface area contributed by atoms with E-state index in [1.165, 1.54) is 17.2 Å². The van der Waals surface area contributed by atoms with E-state index < -0.39 is 5.82 Å². The van der Waals surface area contributed by atoms with Gasteiger partial charge in [-0.15, -0.1) is 0 Å². The second kappa shape index (κ2) is 9.48. The number of aromatic amines is 1. The van der Waals surface area contributed by atoms with Gasteiger partial charge in [0.1, 0.15) is 10.8 Å². The minimum atomic E-state index is -0.485. The summed E-state index contributed by atoms with van der Waals surface area (Å²) in [6.45, 7) is 3.74. The molecule has 0 radical (unpaired) electrons. The van der Waals surface area contributed by atoms with Crippen LogP contribution in [0.15, 0.2) is 48.7 Å². The molecule has 0 spiro atoms. The van der Waals surface area contributed by atoms with Gasteiger partial charge in [-0.2, -0.15) is 10.1 Å². The number of carbonyl (C=O) groups excluding carboxylic acids is 1. The van der Waals surface area contributed by atoms with Crippen molar-refractivity contribution in [3.63, 3.8) is 0 Å². The van der Waals surface area contributed by atoms with Gasteiger partial charge in [0, 0.05) is 31.4 Å². The summed E-state index contributed by atoms with van der Waals surface area (Å²) in [4.78, 5) is 22.3. The molecule has 174 valence electrons. The zero-order valence-electron chi connectivity index (χ0n) is 19.1. The van der Waals surface area contributed by atoms with E-state index in [1.54, 1.807) is 44.4 Å². The van der Waals surface area contributed by atoms with Crippen molar-refractivity contribution in [3.05, 3.63) is 76.3 Å². The molecule has 0 aliphatic carbocycles. The molecule has 0 bridgehead atoms. The van der Waals surface area contributed by atoms with Crippen LogP contribution in [0.5, 0.6) is 0 Å². The van der Waals surface area contributed by atoms with Crippen molar-refractivity contribution in [2.24, 2.45) is 0 Å². The molecule has 8 nitrogen and oxygen atoms in total. The zero-order chi connectivity index (χ0) is 24.4. The molecule has 0 atom stereocenters. The first kappa shape index (κ1) is 23.2. The Morgan fingerprint density at radius 3 is 2.62 bits per heavy atom. The van der Waals surface area contributed by atoms with Crippen LogP contribution in [-0.4, -0.2) is 45.1 Å². The van der Waals surface area contributed by atoms with Gasteiger partial charge < -0.3 is 15.5 Å². The van der Waals surface area contributed by atoms with Crippen molar-refractivity contribution in [3.8, 4) is 11.1 Å². The number of rotatable bonds is 6. The summed E-state index contributed by atoms with van der Waals surface area (Å²) in [5.74, 6) is 0.449. The maximum Gasteiger partial charge on any atom is 0.253 e. The highest BCUT2D eigenvalue weighted by Gasteiger charge is 2.14. The first-order chi connectivity index (χ1) is 16.2. The van der Waals surface area contributed by atoms with E-state index in [4.69, 9.17) is 11.6 Å². The highest BCUT2D eigenvalue weighted by molar-refractivity contribution is 6.32. The largest absolute Gasteiger partial charge is 0.345 e. The Morgan fingerprint density at radius 2 is 1.91 bits per heavy atom. The number of halogens is 2. The van der Waals surface area contributed by atoms with Crippen LogP contribution in [0.25, 0.3) is 11.1 Å². The number of hydrogen-bond donors (Lipinski definition) is 3. The molecule has 4 rings (SSSR count). The Morgan fingerprint density at radius 1 is 1.12 bits per heavy atom. The third-order valence-corrected chi connectivity index (χ3v) is 5.36. The van der Waals surface area contributed by atoms with Crippen LogP contribution < -0.4 is 10.6 Å². The predicted octanol–water partition coefficient (Wildman–Crippen LogP) is 5.47. The van der Waals surface area contributed by atoms with E-state index in [0.717, 1.165) is 16.8 Å². The number of carbonyl (C=O) groups is 1. The van der Waals surface area contributed by atoms with Crippen LogP contribution in [0.2, 0.25) is 5.02 Å². The minimum Gasteiger partial charge on any atom is -0.345 e. The lowest BCUT2D eigenvalue weighted by molar-refractivity contribution is 0.0827. The average Bonchev–Trinajstić information content (AvgIpc) is 3.22. The van der Waals surface area contributed by atoms with E-state index in [-0.39, 0.29) is 17.5 Å². The molecular weight excluding hydrogens is 457 g/mol. The van der Waals surface area contributed by atoms with Crippen molar-refractivity contribution in [2.45, 2.75) is 13.8 Å². The number of anilines is 4. The highest BCUT2D eigenvalue weighted by atomic mass is 35.5. The van der Waals surface area contributed by atoms with E-state index in [9.17, 15) is 4.79 Å². The normalized spacial score (nSPS) is 10.8. The SMILES string of the molecule is Cc1cc(Nc2nc(Nc3cc(C)c(-c4cccc(C(=O)N(C)C)c4)cc3F)ncc2Cl)n[nH]1. The van der Waals surface area contributed by atoms with Gasteiger partial charge in [0.2, 0.25) is 5.95 Å². The van der Waals surface area contributed by atoms with E-state index in [0.29, 0.717) is 27.8 Å². The van der Waals surface area contributed by atoms with E-state index in [2.05, 4.69) is 30.8 Å². The van der Waals surface area contributed by atoms with Crippen molar-refractivity contribution in [2.75, 3.05) is 24.7 Å². The van der Waals surface area contributed by atoms with Crippen molar-refractivity contribution in [1.29, 1.82) is 0 Å². The van der Waals surface area contributed by atoms with Gasteiger partial charge in [0.25, 0.3) is 5.91 Å². The van der Waals surface area contributed by atoms with Gasteiger partial charge in [0.05, 0.1) is 11.9 Å². The van der Waals surface area contributed by atoms with Crippen molar-refractivity contribution >= 4 is 40.8 Å². The Labute approximate surface area is 201 Å². The summed E-state index contributed by atoms with van der Waals surface area (Å²) < 4.78 is 15.1. The Balaban J connectivity index is 1.60. The monoisotopic (exact) mass is 479 g/mol. The van der Waals surface area contributed by atoms with Gasteiger partial charge >= 0.3 is 0 Å². The third kappa shape index (κ3) is 4.99. The fourth-order valence-corrected chi connectivity index (χ4v) is 3.54. The Bertz CT molecular complexity index is 1370. The number of aryl methyl sites for hydroxylation is 2. The Kier molecular flexibility index (Phi) is 6.47. The molecule has 0 aliphatic rings. The number of benzene rings is 2. The molecule has 2 heterocycles. The molecular formula is C24H23ClFN7O. The molecule has 10 heteroatoms. The summed E-state index contributed by atoms with van der Waals surface area (Å²) in [5, 5.41) is 13.1. The van der Waals surface area contributed by atoms with Gasteiger partial charge in [-0.1, -0.05) is 23.7 Å². The molecule has 4 aromatic rings. The minimum absolute atomic E-state index is 0.118. The smallest absolute Gasteiger partial charge is 0.253 e. The van der Waals surface area contributed by atoms with Crippen LogP contribution in [0, 0.1) is 19.7 Å². The molecule has 0 aliphatic heterocycles. The standard InChI is InChI=1S/C24H23ClFN7O/c1-13-8-20(19(26)11-17(13)15-6-5-7-16(10-15)23(34)33(3)4)28-24-27-12-18(25)22(30-24)29-21-9-14(2)31-32-21/h5-12H,1-4H3,(H3,27,28,29,30,31,32). The van der Waals surface area contributed by atoms with Crippen LogP contribution in [0.3, 0.4) is 0 Å². The van der Waals surface area contributed by atoms with Gasteiger partial charge in [0.15, 0.2) is 11.6 Å². The summed E-state index contributed by atoms with van der Waals surface area (Å²) in [6.07, 6.45) is 1.42. The number of H-pyrrole nitrogens is 1. The lowest BCUT2D eigenvalue weighted by Crippen LogP contribution is -2.21. The lowest BCUT2D eigenvalue weighted by atomic mass is 9.97. The molecule has 0 unspecified atom stereocenters. The lowest BCUT2D eigenvalue weighted by Gasteiger charge is -2.14. The molecule has 0 saturated carbocycles. The molecule has 2 aromatic heterocycles. The first-order valence-corrected chi connectivity index (χ1v) is 10.8. The number of nitrogens with zero attached hydrogens (tertiary/aromatic N) is 4. The predicted molar refractivity (Wildman–Crippen MR) is 132 cm³/mol. The average molecular weight is 480 g/mol. The topological polar surface area (TPSA) is 98.8 Å². The zero-order valence-corrected chi connectivity index (χ0v) is 19.8. The number of nitrogens with one attached hydrogen (secondary N) is 3. The quantitative estimate of drug-likeness (QED) is 0.339. The first-order valence-electron chi connectivity index (χ1n) is 10.4. The fourth-order valence-electron chi connectivity index (χ4n) is 3.41. The summed E-state index contributed by atoms with van der Waals surface area (Å²) in [7, 11) is 3.38. The van der Waals surface area contributed by atoms with Crippen molar-refractivity contribution < 1.29 is 9.18 Å². The maximum atomic E-state index is 15.1. The number of hydrogen-bond acceptors (Lipinski definition) is 6. The molecule has 34 heavy (non-hydrogen) atoms. The third-order valence-electron chi connectivity index (χ3n) is 5.08. The molecule has 1 amide bonds. The van der Waals surface area contributed by atoms with E-state index >= 15 is 4.39 Å². The molecule has 0 fully saturated rings. The summed E-state index contributed by atoms with van der Waals surface area (Å²) in [5.41, 5.74) is 3.87. The van der Waals surface area contributed by atoms with Crippen LogP contribution in [0.1, 0.15) is 21.6 Å². The number of aromatic nitrogens is 4. The molecule has 3 N–H and O–H groups in total. The van der Waals surface area contributed by atoms with Gasteiger partial charge in [-0.05, 0) is 54.8 Å². The maximum absolute atomic E-state index is 15.1. The van der Waals surface area contributed by atoms with Crippen LogP contribution in [-0.2, 0) is 0 Å².